The normalized spacial score (nSPS) is 12.0. The molecule has 0 fully saturated rings. The van der Waals surface area contributed by atoms with Crippen LogP contribution in [-0.4, -0.2) is 76.3 Å². The number of benzene rings is 6. The van der Waals surface area contributed by atoms with Crippen LogP contribution in [0.2, 0.25) is 0 Å². The van der Waals surface area contributed by atoms with Crippen LogP contribution in [0.25, 0.3) is 32.7 Å². The Hall–Kier alpha value is -2.32. The number of phenolic OH excluding ortho intramolecular Hbond substituents is 2. The number of hydrogen-bond donors (Lipinski definition) is 3. The van der Waals surface area contributed by atoms with Crippen molar-refractivity contribution >= 4 is 90.5 Å². The molecule has 6 aromatic rings. The Kier molecular flexibility index (Phi) is 19.4. The van der Waals surface area contributed by atoms with Crippen molar-refractivity contribution in [2.45, 2.75) is 19.6 Å². The predicted octanol–water partition coefficient (Wildman–Crippen LogP) is -6.87. The monoisotopic (exact) mass is 977 g/mol. The van der Waals surface area contributed by atoms with Gasteiger partial charge in [-0.05, 0) is 71.1 Å². The minimum Gasteiger partial charge on any atom is -0.744 e. The molecule has 0 unspecified atom stereocenters. The average molecular weight is 978 g/mol. The molecule has 0 atom stereocenters. The van der Waals surface area contributed by atoms with Gasteiger partial charge in [0.2, 0.25) is 0 Å². The van der Waals surface area contributed by atoms with E-state index in [0.717, 1.165) is 30.3 Å². The molecule has 21 nitrogen and oxygen atoms in total. The zero-order valence-corrected chi connectivity index (χ0v) is 44.9. The first kappa shape index (κ1) is 56.8. The molecule has 0 heterocycles. The molecule has 0 aliphatic heterocycles. The molecule has 0 radical (unpaired) electrons. The van der Waals surface area contributed by atoms with Crippen LogP contribution in [0.1, 0.15) is 0 Å². The Morgan fingerprint density at radius 2 is 0.968 bits per heavy atom. The van der Waals surface area contributed by atoms with Gasteiger partial charge in [0.15, 0.2) is 11.5 Å². The van der Waals surface area contributed by atoms with E-state index in [-0.39, 0.29) is 158 Å². The molecule has 4 N–H and O–H groups in total. The maximum absolute atomic E-state index is 11.9. The fourth-order valence-corrected chi connectivity index (χ4v) is 8.34. The van der Waals surface area contributed by atoms with Gasteiger partial charge in [0.05, 0.1) is 44.9 Å². The molecular formula is C34H23N5Na4O16S4. The second-order valence-electron chi connectivity index (χ2n) is 12.1. The van der Waals surface area contributed by atoms with Crippen molar-refractivity contribution in [3.63, 3.8) is 0 Å². The molecular weight excluding hydrogens is 955 g/mol. The standard InChI is InChI=1S/C34H27N5O16S4.4Na/c1-54-25-12-16(3-8-22(25)36-38-24-10-7-21-27(57(45,46)47)15-28(58(48,49)50)31(35)30(21)33(24)40)17-4-9-23(26(13-17)55-2)37-39-32-20-6-5-19(56(42,43)44)11-18(20)14-29(34(32)41)59(51,52)53;;;;/h3-15,40-41H,35H2,1-2H3,(H,42,43,44)(H,45,46,47)(H,48,49,50)(H,51,52,53);;;;/q;4*+1/p-4. The van der Waals surface area contributed by atoms with Crippen molar-refractivity contribution in [1.82, 2.24) is 0 Å². The van der Waals surface area contributed by atoms with Gasteiger partial charge in [-0.3, -0.25) is 0 Å². The summed E-state index contributed by atoms with van der Waals surface area (Å²) >= 11 is 0. The molecule has 0 bridgehead atoms. The summed E-state index contributed by atoms with van der Waals surface area (Å²) in [4.78, 5) is -4.24. The van der Waals surface area contributed by atoms with Crippen molar-refractivity contribution < 1.29 is 190 Å². The number of phenols is 2. The molecule has 6 rings (SSSR count). The molecule has 0 saturated carbocycles. The van der Waals surface area contributed by atoms with E-state index < -0.39 is 93.7 Å². The predicted molar refractivity (Wildman–Crippen MR) is 201 cm³/mol. The number of methoxy groups -OCH3 is 2. The van der Waals surface area contributed by atoms with Gasteiger partial charge in [-0.15, -0.1) is 20.5 Å². The summed E-state index contributed by atoms with van der Waals surface area (Å²) in [6.07, 6.45) is 0. The van der Waals surface area contributed by atoms with E-state index in [1.54, 1.807) is 12.1 Å². The summed E-state index contributed by atoms with van der Waals surface area (Å²) in [5.41, 5.74) is 5.21. The number of anilines is 1. The van der Waals surface area contributed by atoms with E-state index in [2.05, 4.69) is 20.5 Å². The van der Waals surface area contributed by atoms with E-state index in [4.69, 9.17) is 15.2 Å². The number of nitrogens with zero attached hydrogens (tertiary/aromatic N) is 4. The van der Waals surface area contributed by atoms with Crippen molar-refractivity contribution in [2.75, 3.05) is 20.0 Å². The minimum absolute atomic E-state index is 0. The maximum atomic E-state index is 11.9. The van der Waals surface area contributed by atoms with Gasteiger partial charge < -0.3 is 43.6 Å². The van der Waals surface area contributed by atoms with Crippen LogP contribution in [0.4, 0.5) is 28.4 Å². The largest absolute Gasteiger partial charge is 1.00 e. The molecule has 29 heteroatoms. The third-order valence-electron chi connectivity index (χ3n) is 8.55. The van der Waals surface area contributed by atoms with Crippen LogP contribution in [0.5, 0.6) is 23.0 Å². The van der Waals surface area contributed by atoms with Gasteiger partial charge in [0.1, 0.15) is 74.7 Å². The molecule has 308 valence electrons. The average Bonchev–Trinajstić information content (AvgIpc) is 3.15. The molecule has 0 aliphatic rings. The Morgan fingerprint density at radius 3 is 1.44 bits per heavy atom. The number of fused-ring (bicyclic) bond motifs is 2. The van der Waals surface area contributed by atoms with Crippen molar-refractivity contribution in [2.24, 2.45) is 20.5 Å². The van der Waals surface area contributed by atoms with Crippen LogP contribution in [-0.2, 0) is 40.5 Å². The number of azo groups is 2. The van der Waals surface area contributed by atoms with Gasteiger partial charge in [-0.2, -0.15) is 0 Å². The summed E-state index contributed by atoms with van der Waals surface area (Å²) in [6.45, 7) is 0. The first-order valence-corrected chi connectivity index (χ1v) is 21.5. The summed E-state index contributed by atoms with van der Waals surface area (Å²) in [7, 11) is -18.5. The molecule has 0 amide bonds. The first-order valence-electron chi connectivity index (χ1n) is 15.9. The van der Waals surface area contributed by atoms with Crippen molar-refractivity contribution in [3.05, 3.63) is 78.9 Å². The van der Waals surface area contributed by atoms with Gasteiger partial charge >= 0.3 is 118 Å². The fourth-order valence-electron chi connectivity index (χ4n) is 5.82. The van der Waals surface area contributed by atoms with Gasteiger partial charge in [0, 0.05) is 10.8 Å². The zero-order valence-electron chi connectivity index (χ0n) is 33.6. The van der Waals surface area contributed by atoms with Gasteiger partial charge in [-0.25, -0.2) is 33.7 Å². The van der Waals surface area contributed by atoms with E-state index in [1.807, 2.05) is 0 Å². The second-order valence-corrected chi connectivity index (χ2v) is 17.5. The third kappa shape index (κ3) is 12.2. The number of aromatic hydroxyl groups is 2. The maximum Gasteiger partial charge on any atom is 1.00 e. The van der Waals surface area contributed by atoms with Crippen LogP contribution in [0, 0.1) is 0 Å². The summed E-state index contributed by atoms with van der Waals surface area (Å²) in [6, 6.07) is 14.9. The second kappa shape index (κ2) is 21.5. The Morgan fingerprint density at radius 1 is 0.508 bits per heavy atom. The van der Waals surface area contributed by atoms with Gasteiger partial charge in [0.25, 0.3) is 0 Å². The van der Waals surface area contributed by atoms with Crippen LogP contribution in [0.15, 0.2) is 119 Å². The minimum atomic E-state index is -5.41. The van der Waals surface area contributed by atoms with E-state index in [1.165, 1.54) is 38.5 Å². The Bertz CT molecular complexity index is 3310. The van der Waals surface area contributed by atoms with Crippen LogP contribution < -0.4 is 133 Å². The molecule has 0 spiro atoms. The molecule has 6 aromatic carbocycles. The smallest absolute Gasteiger partial charge is 0.744 e. The number of hydrogen-bond acceptors (Lipinski definition) is 21. The Balaban J connectivity index is 0.00000341. The summed E-state index contributed by atoms with van der Waals surface area (Å²) in [5.74, 6) is -1.76. The molecule has 63 heavy (non-hydrogen) atoms. The third-order valence-corrected chi connectivity index (χ3v) is 12.0. The summed E-state index contributed by atoms with van der Waals surface area (Å²) in [5, 5.41) is 36.2. The molecule has 0 saturated heterocycles. The topological polar surface area (TPSA) is 363 Å². The first-order chi connectivity index (χ1) is 27.4. The Labute approximate surface area is 447 Å². The number of ether oxygens (including phenoxy) is 2. The van der Waals surface area contributed by atoms with Crippen LogP contribution >= 0.6 is 0 Å². The van der Waals surface area contributed by atoms with E-state index in [9.17, 15) is 62.1 Å². The fraction of sp³-hybridized carbons (Fsp3) is 0.0588. The molecule has 0 aromatic heterocycles. The van der Waals surface area contributed by atoms with Crippen molar-refractivity contribution in [1.29, 1.82) is 0 Å². The zero-order chi connectivity index (χ0) is 43.4. The quantitative estimate of drug-likeness (QED) is 0.0470. The van der Waals surface area contributed by atoms with Crippen LogP contribution in [0.3, 0.4) is 0 Å². The SMILES string of the molecule is COc1cc(-c2ccc(N=Nc3c(O)c(S(=O)(=O)[O-])cc4cc(S(=O)(=O)[O-])ccc34)c(OC)c2)ccc1N=Nc1ccc2c(S(=O)(=O)[O-])cc(S(=O)(=O)[O-])c(N)c2c1O.[Na+].[Na+].[Na+].[Na+]. The van der Waals surface area contributed by atoms with E-state index in [0.29, 0.717) is 23.3 Å². The summed E-state index contributed by atoms with van der Waals surface area (Å²) < 4.78 is 152. The number of nitrogen functional groups attached to an aromatic ring is 1. The number of rotatable bonds is 11. The van der Waals surface area contributed by atoms with E-state index >= 15 is 0 Å². The molecule has 0 aliphatic carbocycles. The van der Waals surface area contributed by atoms with Crippen molar-refractivity contribution in [3.8, 4) is 34.1 Å². The van der Waals surface area contributed by atoms with Gasteiger partial charge in [-0.1, -0.05) is 24.3 Å². The number of nitrogens with two attached hydrogens (primary N) is 1.